The van der Waals surface area contributed by atoms with E-state index in [0.717, 1.165) is 5.56 Å². The Labute approximate surface area is 171 Å². The topological polar surface area (TPSA) is 60.5 Å². The normalized spacial score (nSPS) is 10.4. The number of nitrogens with zero attached hydrogens (tertiary/aromatic N) is 1. The van der Waals surface area contributed by atoms with Crippen LogP contribution in [0.15, 0.2) is 54.7 Å². The molecule has 5 nitrogen and oxygen atoms in total. The van der Waals surface area contributed by atoms with Gasteiger partial charge in [0.1, 0.15) is 11.6 Å². The second kappa shape index (κ2) is 8.91. The van der Waals surface area contributed by atoms with Crippen LogP contribution in [0.1, 0.15) is 15.9 Å². The molecule has 0 bridgehead atoms. The first-order chi connectivity index (χ1) is 13.5. The van der Waals surface area contributed by atoms with Gasteiger partial charge in [0.15, 0.2) is 5.75 Å². The Hall–Kier alpha value is -2.83. The van der Waals surface area contributed by atoms with E-state index in [4.69, 9.17) is 32.7 Å². The first-order valence-corrected chi connectivity index (χ1v) is 8.91. The first kappa shape index (κ1) is 19.9. The molecule has 1 aromatic heterocycles. The van der Waals surface area contributed by atoms with E-state index in [1.165, 1.54) is 43.5 Å². The number of hydrogen-bond donors (Lipinski definition) is 1. The smallest absolute Gasteiger partial charge is 0.251 e. The highest BCUT2D eigenvalue weighted by atomic mass is 35.5. The van der Waals surface area contributed by atoms with Crippen LogP contribution in [0.2, 0.25) is 10.0 Å². The quantitative estimate of drug-likeness (QED) is 0.590. The van der Waals surface area contributed by atoms with Crippen molar-refractivity contribution in [1.29, 1.82) is 0 Å². The zero-order valence-electron chi connectivity index (χ0n) is 14.7. The predicted octanol–water partition coefficient (Wildman–Crippen LogP) is 5.26. The summed E-state index contributed by atoms with van der Waals surface area (Å²) in [5.41, 5.74) is 1.09. The van der Waals surface area contributed by atoms with E-state index in [9.17, 15) is 9.18 Å². The van der Waals surface area contributed by atoms with Crippen LogP contribution in [0, 0.1) is 5.82 Å². The second-order valence-electron chi connectivity index (χ2n) is 5.72. The first-order valence-electron chi connectivity index (χ1n) is 8.16. The van der Waals surface area contributed by atoms with Crippen molar-refractivity contribution in [3.05, 3.63) is 81.7 Å². The lowest BCUT2D eigenvalue weighted by molar-refractivity contribution is 0.0951. The minimum absolute atomic E-state index is 0.254. The molecule has 0 aliphatic heterocycles. The molecule has 2 aromatic carbocycles. The SMILES string of the molecule is COc1c(Cl)cc(C(=O)NCc2ccc(Oc3ccc(F)cc3)nc2)cc1Cl. The van der Waals surface area contributed by atoms with Crippen LogP contribution in [0.25, 0.3) is 0 Å². The third-order valence-corrected chi connectivity index (χ3v) is 4.31. The van der Waals surface area contributed by atoms with Crippen molar-refractivity contribution in [2.24, 2.45) is 0 Å². The van der Waals surface area contributed by atoms with Crippen LogP contribution in [-0.4, -0.2) is 18.0 Å². The summed E-state index contributed by atoms with van der Waals surface area (Å²) in [6.45, 7) is 0.254. The number of hydrogen-bond acceptors (Lipinski definition) is 4. The minimum atomic E-state index is -0.342. The zero-order valence-corrected chi connectivity index (χ0v) is 16.2. The Morgan fingerprint density at radius 1 is 1.11 bits per heavy atom. The molecule has 0 fully saturated rings. The number of methoxy groups -OCH3 is 1. The van der Waals surface area contributed by atoms with E-state index < -0.39 is 0 Å². The standard InChI is InChI=1S/C20H15Cl2FN2O3/c1-27-19-16(21)8-13(9-17(19)22)20(26)25-11-12-2-7-18(24-10-12)28-15-5-3-14(23)4-6-15/h2-10H,11H2,1H3,(H,25,26). The molecule has 28 heavy (non-hydrogen) atoms. The van der Waals surface area contributed by atoms with Crippen LogP contribution < -0.4 is 14.8 Å². The molecule has 0 saturated carbocycles. The molecule has 1 N–H and O–H groups in total. The Bertz CT molecular complexity index is 957. The zero-order chi connectivity index (χ0) is 20.1. The largest absolute Gasteiger partial charge is 0.494 e. The minimum Gasteiger partial charge on any atom is -0.494 e. The van der Waals surface area contributed by atoms with Gasteiger partial charge < -0.3 is 14.8 Å². The summed E-state index contributed by atoms with van der Waals surface area (Å²) in [7, 11) is 1.45. The van der Waals surface area contributed by atoms with Crippen LogP contribution in [0.5, 0.6) is 17.4 Å². The summed E-state index contributed by atoms with van der Waals surface area (Å²) in [4.78, 5) is 16.5. The Kier molecular flexibility index (Phi) is 6.34. The van der Waals surface area contributed by atoms with Crippen molar-refractivity contribution in [2.45, 2.75) is 6.54 Å². The highest BCUT2D eigenvalue weighted by Gasteiger charge is 2.13. The lowest BCUT2D eigenvalue weighted by Crippen LogP contribution is -2.22. The van der Waals surface area contributed by atoms with Gasteiger partial charge in [-0.15, -0.1) is 0 Å². The Balaban J connectivity index is 1.60. The van der Waals surface area contributed by atoms with Gasteiger partial charge in [-0.2, -0.15) is 0 Å². The molecule has 0 unspecified atom stereocenters. The molecule has 144 valence electrons. The fourth-order valence-corrected chi connectivity index (χ4v) is 3.01. The number of carbonyl (C=O) groups is 1. The maximum absolute atomic E-state index is 12.9. The molecule has 0 radical (unpaired) electrons. The van der Waals surface area contributed by atoms with Crippen LogP contribution >= 0.6 is 23.2 Å². The van der Waals surface area contributed by atoms with E-state index in [2.05, 4.69) is 10.3 Å². The summed E-state index contributed by atoms with van der Waals surface area (Å²) in [6, 6.07) is 12.0. The van der Waals surface area contributed by atoms with Gasteiger partial charge >= 0.3 is 0 Å². The predicted molar refractivity (Wildman–Crippen MR) is 105 cm³/mol. The Morgan fingerprint density at radius 2 is 1.79 bits per heavy atom. The van der Waals surface area contributed by atoms with E-state index in [-0.39, 0.29) is 28.3 Å². The molecule has 1 amide bonds. The van der Waals surface area contributed by atoms with Gasteiger partial charge in [-0.3, -0.25) is 4.79 Å². The monoisotopic (exact) mass is 420 g/mol. The van der Waals surface area contributed by atoms with E-state index in [0.29, 0.717) is 22.9 Å². The number of nitrogens with one attached hydrogen (secondary N) is 1. The van der Waals surface area contributed by atoms with Crippen LogP contribution in [-0.2, 0) is 6.54 Å². The lowest BCUT2D eigenvalue weighted by Gasteiger charge is -2.10. The molecule has 0 aliphatic carbocycles. The number of pyridine rings is 1. The second-order valence-corrected chi connectivity index (χ2v) is 6.53. The fraction of sp³-hybridized carbons (Fsp3) is 0.100. The molecular formula is C20H15Cl2FN2O3. The molecule has 0 spiro atoms. The molecule has 0 saturated heterocycles. The van der Waals surface area contributed by atoms with Gasteiger partial charge in [-0.25, -0.2) is 9.37 Å². The summed E-state index contributed by atoms with van der Waals surface area (Å²) in [6.07, 6.45) is 1.58. The number of carbonyl (C=O) groups excluding carboxylic acids is 1. The summed E-state index contributed by atoms with van der Waals surface area (Å²) >= 11 is 12.1. The van der Waals surface area contributed by atoms with Crippen molar-refractivity contribution >= 4 is 29.1 Å². The van der Waals surface area contributed by atoms with Crippen molar-refractivity contribution in [3.63, 3.8) is 0 Å². The van der Waals surface area contributed by atoms with Crippen molar-refractivity contribution in [1.82, 2.24) is 10.3 Å². The maximum atomic E-state index is 12.9. The number of rotatable bonds is 6. The average Bonchev–Trinajstić information content (AvgIpc) is 2.68. The van der Waals surface area contributed by atoms with Gasteiger partial charge in [0.05, 0.1) is 17.2 Å². The van der Waals surface area contributed by atoms with E-state index in [1.807, 2.05) is 0 Å². The molecular weight excluding hydrogens is 406 g/mol. The number of aromatic nitrogens is 1. The van der Waals surface area contributed by atoms with Crippen molar-refractivity contribution < 1.29 is 18.7 Å². The number of amides is 1. The molecule has 0 aliphatic rings. The molecule has 0 atom stereocenters. The third kappa shape index (κ3) is 4.91. The van der Waals surface area contributed by atoms with Gasteiger partial charge in [0.2, 0.25) is 5.88 Å². The van der Waals surface area contributed by atoms with Gasteiger partial charge in [0.25, 0.3) is 5.91 Å². The highest BCUT2D eigenvalue weighted by molar-refractivity contribution is 6.37. The molecule has 1 heterocycles. The van der Waals surface area contributed by atoms with Crippen molar-refractivity contribution in [3.8, 4) is 17.4 Å². The van der Waals surface area contributed by atoms with Crippen LogP contribution in [0.3, 0.4) is 0 Å². The third-order valence-electron chi connectivity index (χ3n) is 3.75. The van der Waals surface area contributed by atoms with E-state index in [1.54, 1.807) is 18.3 Å². The molecule has 3 rings (SSSR count). The van der Waals surface area contributed by atoms with Crippen LogP contribution in [0.4, 0.5) is 4.39 Å². The lowest BCUT2D eigenvalue weighted by atomic mass is 10.2. The highest BCUT2D eigenvalue weighted by Crippen LogP contribution is 2.33. The van der Waals surface area contributed by atoms with Crippen molar-refractivity contribution in [2.75, 3.05) is 7.11 Å². The summed E-state index contributed by atoms with van der Waals surface area (Å²) in [5.74, 6) is 0.475. The number of ether oxygens (including phenoxy) is 2. The van der Waals surface area contributed by atoms with Gasteiger partial charge in [-0.05, 0) is 42.0 Å². The van der Waals surface area contributed by atoms with E-state index >= 15 is 0 Å². The molecule has 8 heteroatoms. The average molecular weight is 421 g/mol. The molecule has 3 aromatic rings. The van der Waals surface area contributed by atoms with Gasteiger partial charge in [-0.1, -0.05) is 29.3 Å². The Morgan fingerprint density at radius 3 is 2.36 bits per heavy atom. The van der Waals surface area contributed by atoms with Gasteiger partial charge in [0, 0.05) is 24.4 Å². The fourth-order valence-electron chi connectivity index (χ4n) is 2.37. The number of benzene rings is 2. The summed E-state index contributed by atoms with van der Waals surface area (Å²) in [5, 5.41) is 3.27. The summed E-state index contributed by atoms with van der Waals surface area (Å²) < 4.78 is 23.5. The number of halogens is 3. The maximum Gasteiger partial charge on any atom is 0.251 e.